The number of hydrogen-bond donors (Lipinski definition) is 2. The summed E-state index contributed by atoms with van der Waals surface area (Å²) >= 11 is 0. The minimum absolute atomic E-state index is 0.318. The number of carbonyl (C=O) groups is 1. The number of ether oxygens (including phenoxy) is 1. The van der Waals surface area contributed by atoms with Crippen molar-refractivity contribution in [3.8, 4) is 0 Å². The largest absolute Gasteiger partial charge is 0.444 e. The van der Waals surface area contributed by atoms with E-state index in [-0.39, 0.29) is 6.09 Å². The van der Waals surface area contributed by atoms with Crippen molar-refractivity contribution >= 4 is 6.09 Å². The van der Waals surface area contributed by atoms with Gasteiger partial charge < -0.3 is 15.4 Å². The summed E-state index contributed by atoms with van der Waals surface area (Å²) in [6, 6.07) is 0.812. The van der Waals surface area contributed by atoms with Crippen molar-refractivity contribution in [1.82, 2.24) is 10.6 Å². The second-order valence-corrected chi connectivity index (χ2v) is 7.64. The van der Waals surface area contributed by atoms with Gasteiger partial charge in [-0.05, 0) is 40.5 Å². The van der Waals surface area contributed by atoms with Gasteiger partial charge in [0.15, 0.2) is 0 Å². The molecule has 4 heteroatoms. The molecule has 138 valence electrons. The fraction of sp³-hybridized carbons (Fsp3) is 0.947. The molecule has 0 heterocycles. The topological polar surface area (TPSA) is 50.4 Å². The fourth-order valence-electron chi connectivity index (χ4n) is 2.65. The molecule has 0 spiro atoms. The summed E-state index contributed by atoms with van der Waals surface area (Å²) in [5, 5.41) is 6.55. The predicted octanol–water partition coefficient (Wildman–Crippen LogP) is 5.02. The average molecular weight is 329 g/mol. The van der Waals surface area contributed by atoms with Gasteiger partial charge >= 0.3 is 6.09 Å². The molecular weight excluding hydrogens is 288 g/mol. The van der Waals surface area contributed by atoms with Crippen LogP contribution in [0.5, 0.6) is 0 Å². The van der Waals surface area contributed by atoms with E-state index in [1.54, 1.807) is 0 Å². The molecule has 2 N–H and O–H groups in total. The van der Waals surface area contributed by atoms with Gasteiger partial charge in [-0.3, -0.25) is 0 Å². The van der Waals surface area contributed by atoms with Gasteiger partial charge in [0.2, 0.25) is 0 Å². The molecule has 23 heavy (non-hydrogen) atoms. The first-order valence-electron chi connectivity index (χ1n) is 9.51. The summed E-state index contributed by atoms with van der Waals surface area (Å²) in [5.74, 6) is 0. The van der Waals surface area contributed by atoms with Crippen LogP contribution in [0.2, 0.25) is 0 Å². The summed E-state index contributed by atoms with van der Waals surface area (Å²) in [4.78, 5) is 11.8. The van der Waals surface area contributed by atoms with E-state index in [1.807, 2.05) is 20.8 Å². The van der Waals surface area contributed by atoms with Crippen molar-refractivity contribution < 1.29 is 9.53 Å². The lowest BCUT2D eigenvalue weighted by Crippen LogP contribution is -2.45. The van der Waals surface area contributed by atoms with Crippen molar-refractivity contribution in [3.05, 3.63) is 0 Å². The van der Waals surface area contributed by atoms with Crippen LogP contribution in [-0.2, 0) is 4.74 Å². The SMILES string of the molecule is CCCCCCCC(C)NC(CCC)CNC(=O)OC(C)(C)C. The number of amides is 1. The maximum atomic E-state index is 11.8. The van der Waals surface area contributed by atoms with E-state index in [0.717, 1.165) is 12.8 Å². The zero-order valence-corrected chi connectivity index (χ0v) is 16.3. The van der Waals surface area contributed by atoms with Gasteiger partial charge in [-0.15, -0.1) is 0 Å². The highest BCUT2D eigenvalue weighted by Gasteiger charge is 2.18. The van der Waals surface area contributed by atoms with Crippen molar-refractivity contribution in [3.63, 3.8) is 0 Å². The molecule has 0 saturated heterocycles. The van der Waals surface area contributed by atoms with E-state index in [9.17, 15) is 4.79 Å². The molecule has 2 unspecified atom stereocenters. The molecular formula is C19H40N2O2. The van der Waals surface area contributed by atoms with Crippen molar-refractivity contribution in [1.29, 1.82) is 0 Å². The molecule has 4 nitrogen and oxygen atoms in total. The Balaban J connectivity index is 4.02. The lowest BCUT2D eigenvalue weighted by Gasteiger charge is -2.25. The zero-order chi connectivity index (χ0) is 17.7. The van der Waals surface area contributed by atoms with Crippen LogP contribution >= 0.6 is 0 Å². The average Bonchev–Trinajstić information content (AvgIpc) is 2.43. The van der Waals surface area contributed by atoms with E-state index >= 15 is 0 Å². The minimum atomic E-state index is -0.441. The van der Waals surface area contributed by atoms with E-state index in [0.29, 0.717) is 18.6 Å². The van der Waals surface area contributed by atoms with Gasteiger partial charge in [0, 0.05) is 18.6 Å². The second kappa shape index (κ2) is 12.6. The monoisotopic (exact) mass is 328 g/mol. The molecule has 0 aromatic heterocycles. The van der Waals surface area contributed by atoms with Crippen LogP contribution in [0, 0.1) is 0 Å². The van der Waals surface area contributed by atoms with Crippen LogP contribution in [0.1, 0.15) is 92.9 Å². The Morgan fingerprint density at radius 2 is 1.65 bits per heavy atom. The van der Waals surface area contributed by atoms with E-state index in [4.69, 9.17) is 4.74 Å². The fourth-order valence-corrected chi connectivity index (χ4v) is 2.65. The normalized spacial score (nSPS) is 14.3. The quantitative estimate of drug-likeness (QED) is 0.495. The second-order valence-electron chi connectivity index (χ2n) is 7.64. The highest BCUT2D eigenvalue weighted by atomic mass is 16.6. The third-order valence-electron chi connectivity index (χ3n) is 3.79. The number of alkyl carbamates (subject to hydrolysis) is 1. The van der Waals surface area contributed by atoms with Gasteiger partial charge in [0.1, 0.15) is 5.60 Å². The first kappa shape index (κ1) is 22.2. The molecule has 0 rings (SSSR count). The third-order valence-corrected chi connectivity index (χ3v) is 3.79. The Morgan fingerprint density at radius 1 is 1.00 bits per heavy atom. The van der Waals surface area contributed by atoms with Gasteiger partial charge in [-0.2, -0.15) is 0 Å². The first-order chi connectivity index (χ1) is 10.8. The number of unbranched alkanes of at least 4 members (excludes halogenated alkanes) is 4. The summed E-state index contributed by atoms with van der Waals surface area (Å²) in [6.07, 6.45) is 9.65. The number of nitrogens with one attached hydrogen (secondary N) is 2. The smallest absolute Gasteiger partial charge is 0.407 e. The number of rotatable bonds is 12. The minimum Gasteiger partial charge on any atom is -0.444 e. The molecule has 2 atom stereocenters. The zero-order valence-electron chi connectivity index (χ0n) is 16.3. The molecule has 0 aliphatic rings. The standard InChI is InChI=1S/C19H40N2O2/c1-7-9-10-11-12-14-16(3)21-17(13-8-2)15-20-18(22)23-19(4,5)6/h16-17,21H,7-15H2,1-6H3,(H,20,22). The van der Waals surface area contributed by atoms with Gasteiger partial charge in [-0.1, -0.05) is 52.4 Å². The van der Waals surface area contributed by atoms with Crippen LogP contribution in [0.25, 0.3) is 0 Å². The first-order valence-corrected chi connectivity index (χ1v) is 9.51. The van der Waals surface area contributed by atoms with Crippen molar-refractivity contribution in [2.24, 2.45) is 0 Å². The molecule has 0 bridgehead atoms. The van der Waals surface area contributed by atoms with Gasteiger partial charge in [0.05, 0.1) is 0 Å². The molecule has 0 aromatic rings. The Bertz CT molecular complexity index is 300. The maximum absolute atomic E-state index is 11.8. The molecule has 0 saturated carbocycles. The molecule has 0 aliphatic heterocycles. The van der Waals surface area contributed by atoms with Gasteiger partial charge in [0.25, 0.3) is 0 Å². The molecule has 0 radical (unpaired) electrons. The summed E-state index contributed by atoms with van der Waals surface area (Å²) in [5.41, 5.74) is -0.441. The van der Waals surface area contributed by atoms with Crippen LogP contribution in [0.15, 0.2) is 0 Å². The molecule has 0 aromatic carbocycles. The lowest BCUT2D eigenvalue weighted by molar-refractivity contribution is 0.0521. The Morgan fingerprint density at radius 3 is 2.22 bits per heavy atom. The van der Waals surface area contributed by atoms with Crippen LogP contribution in [0.4, 0.5) is 4.79 Å². The lowest BCUT2D eigenvalue weighted by atomic mass is 10.1. The molecule has 1 amide bonds. The predicted molar refractivity (Wildman–Crippen MR) is 98.9 cm³/mol. The Hall–Kier alpha value is -0.770. The number of hydrogen-bond acceptors (Lipinski definition) is 3. The maximum Gasteiger partial charge on any atom is 0.407 e. The van der Waals surface area contributed by atoms with Crippen LogP contribution in [-0.4, -0.2) is 30.3 Å². The summed E-state index contributed by atoms with van der Waals surface area (Å²) in [7, 11) is 0. The van der Waals surface area contributed by atoms with Crippen molar-refractivity contribution in [2.45, 2.75) is 111 Å². The van der Waals surface area contributed by atoms with E-state index in [2.05, 4.69) is 31.4 Å². The summed E-state index contributed by atoms with van der Waals surface area (Å²) < 4.78 is 5.30. The Kier molecular flexibility index (Phi) is 12.2. The number of carbonyl (C=O) groups excluding carboxylic acids is 1. The molecule has 0 aliphatic carbocycles. The van der Waals surface area contributed by atoms with Gasteiger partial charge in [-0.25, -0.2) is 4.79 Å². The highest BCUT2D eigenvalue weighted by molar-refractivity contribution is 5.67. The van der Waals surface area contributed by atoms with Crippen LogP contribution < -0.4 is 10.6 Å². The van der Waals surface area contributed by atoms with Crippen LogP contribution in [0.3, 0.4) is 0 Å². The highest BCUT2D eigenvalue weighted by Crippen LogP contribution is 2.09. The molecule has 0 fully saturated rings. The third kappa shape index (κ3) is 14.5. The van der Waals surface area contributed by atoms with E-state index in [1.165, 1.54) is 38.5 Å². The van der Waals surface area contributed by atoms with E-state index < -0.39 is 5.60 Å². The van der Waals surface area contributed by atoms with Crippen molar-refractivity contribution in [2.75, 3.05) is 6.54 Å². The summed E-state index contributed by atoms with van der Waals surface area (Å²) in [6.45, 7) is 13.0. The Labute approximate surface area is 144 Å².